The highest BCUT2D eigenvalue weighted by Gasteiger charge is 2.18. The van der Waals surface area contributed by atoms with Gasteiger partial charge in [-0.05, 0) is 60.9 Å². The molecule has 2 aromatic rings. The van der Waals surface area contributed by atoms with Crippen molar-refractivity contribution in [2.24, 2.45) is 0 Å². The first kappa shape index (κ1) is 19.1. The van der Waals surface area contributed by atoms with Crippen molar-refractivity contribution < 1.29 is 18.0 Å². The standard InChI is InChI=1S/C19H21N3O4S/c1-22(2)27(25,26)16-9-7-15(8-10-16)20-19(24)14-6-11-17-13(12-14)4-3-5-18(23)21-17/h6-12H,3-5H2,1-2H3,(H,20,24)(H,21,23). The largest absolute Gasteiger partial charge is 0.326 e. The van der Waals surface area contributed by atoms with Crippen LogP contribution in [0.15, 0.2) is 47.4 Å². The van der Waals surface area contributed by atoms with Crippen LogP contribution in [0.25, 0.3) is 0 Å². The molecule has 2 N–H and O–H groups in total. The Bertz CT molecular complexity index is 983. The van der Waals surface area contributed by atoms with Crippen LogP contribution in [-0.4, -0.2) is 38.6 Å². The monoisotopic (exact) mass is 387 g/mol. The van der Waals surface area contributed by atoms with Gasteiger partial charge in [0.15, 0.2) is 0 Å². The first-order valence-corrected chi connectivity index (χ1v) is 9.98. The highest BCUT2D eigenvalue weighted by Crippen LogP contribution is 2.24. The topological polar surface area (TPSA) is 95.6 Å². The van der Waals surface area contributed by atoms with E-state index in [0.717, 1.165) is 28.4 Å². The fourth-order valence-electron chi connectivity index (χ4n) is 2.84. The van der Waals surface area contributed by atoms with E-state index in [2.05, 4.69) is 10.6 Å². The van der Waals surface area contributed by atoms with Crippen molar-refractivity contribution in [1.29, 1.82) is 0 Å². The summed E-state index contributed by atoms with van der Waals surface area (Å²) in [6.45, 7) is 0. The summed E-state index contributed by atoms with van der Waals surface area (Å²) < 4.78 is 25.3. The van der Waals surface area contributed by atoms with E-state index in [1.165, 1.54) is 26.2 Å². The van der Waals surface area contributed by atoms with Gasteiger partial charge in [-0.15, -0.1) is 0 Å². The minimum atomic E-state index is -3.51. The molecule has 3 rings (SSSR count). The Kier molecular flexibility index (Phi) is 5.29. The predicted molar refractivity (Wildman–Crippen MR) is 103 cm³/mol. The van der Waals surface area contributed by atoms with Crippen molar-refractivity contribution in [3.63, 3.8) is 0 Å². The van der Waals surface area contributed by atoms with Crippen LogP contribution in [0.5, 0.6) is 0 Å². The van der Waals surface area contributed by atoms with Gasteiger partial charge in [0, 0.05) is 37.5 Å². The summed E-state index contributed by atoms with van der Waals surface area (Å²) in [6, 6.07) is 11.2. The van der Waals surface area contributed by atoms with Crippen molar-refractivity contribution in [3.8, 4) is 0 Å². The maximum Gasteiger partial charge on any atom is 0.255 e. The Hall–Kier alpha value is -2.71. The third-order valence-electron chi connectivity index (χ3n) is 4.38. The molecule has 0 saturated carbocycles. The number of carbonyl (C=O) groups excluding carboxylic acids is 2. The average Bonchev–Trinajstić information content (AvgIpc) is 2.81. The molecule has 0 aromatic heterocycles. The number of aryl methyl sites for hydroxylation is 1. The number of sulfonamides is 1. The molecule has 2 aromatic carbocycles. The number of benzene rings is 2. The second-order valence-electron chi connectivity index (χ2n) is 6.54. The lowest BCUT2D eigenvalue weighted by Gasteiger charge is -2.12. The van der Waals surface area contributed by atoms with Gasteiger partial charge in [0.2, 0.25) is 15.9 Å². The van der Waals surface area contributed by atoms with Gasteiger partial charge < -0.3 is 10.6 Å². The number of hydrogen-bond acceptors (Lipinski definition) is 4. The first-order chi connectivity index (χ1) is 12.8. The number of hydrogen-bond donors (Lipinski definition) is 2. The van der Waals surface area contributed by atoms with E-state index in [1.54, 1.807) is 30.3 Å². The van der Waals surface area contributed by atoms with Crippen molar-refractivity contribution in [2.75, 3.05) is 24.7 Å². The Morgan fingerprint density at radius 3 is 2.44 bits per heavy atom. The summed E-state index contributed by atoms with van der Waals surface area (Å²) in [6.07, 6.45) is 1.94. The Morgan fingerprint density at radius 2 is 1.78 bits per heavy atom. The second kappa shape index (κ2) is 7.50. The zero-order chi connectivity index (χ0) is 19.6. The molecule has 8 heteroatoms. The number of nitrogens with one attached hydrogen (secondary N) is 2. The van der Waals surface area contributed by atoms with Crippen LogP contribution in [-0.2, 0) is 21.2 Å². The van der Waals surface area contributed by atoms with Crippen LogP contribution in [0.2, 0.25) is 0 Å². The van der Waals surface area contributed by atoms with Crippen LogP contribution in [0, 0.1) is 0 Å². The van der Waals surface area contributed by atoms with E-state index in [4.69, 9.17) is 0 Å². The first-order valence-electron chi connectivity index (χ1n) is 8.54. The summed E-state index contributed by atoms with van der Waals surface area (Å²) in [7, 11) is -0.578. The molecular weight excluding hydrogens is 366 g/mol. The van der Waals surface area contributed by atoms with Gasteiger partial charge in [-0.3, -0.25) is 9.59 Å². The summed E-state index contributed by atoms with van der Waals surface area (Å²) in [5.41, 5.74) is 2.66. The fourth-order valence-corrected chi connectivity index (χ4v) is 3.74. The predicted octanol–water partition coefficient (Wildman–Crippen LogP) is 2.46. The fraction of sp³-hybridized carbons (Fsp3) is 0.263. The highest BCUT2D eigenvalue weighted by molar-refractivity contribution is 7.89. The normalized spacial score (nSPS) is 14.3. The van der Waals surface area contributed by atoms with E-state index >= 15 is 0 Å². The van der Waals surface area contributed by atoms with E-state index in [9.17, 15) is 18.0 Å². The van der Waals surface area contributed by atoms with E-state index < -0.39 is 10.0 Å². The van der Waals surface area contributed by atoms with Crippen LogP contribution in [0.4, 0.5) is 11.4 Å². The van der Waals surface area contributed by atoms with Gasteiger partial charge >= 0.3 is 0 Å². The molecule has 2 amide bonds. The summed E-state index contributed by atoms with van der Waals surface area (Å²) in [4.78, 5) is 24.3. The molecule has 0 saturated heterocycles. The van der Waals surface area contributed by atoms with Gasteiger partial charge in [0.1, 0.15) is 0 Å². The summed E-state index contributed by atoms with van der Waals surface area (Å²) >= 11 is 0. The molecule has 0 unspecified atom stereocenters. The molecule has 0 aliphatic carbocycles. The minimum Gasteiger partial charge on any atom is -0.326 e. The molecule has 27 heavy (non-hydrogen) atoms. The van der Waals surface area contributed by atoms with Crippen LogP contribution in [0.3, 0.4) is 0 Å². The SMILES string of the molecule is CN(C)S(=O)(=O)c1ccc(NC(=O)c2ccc3c(c2)CCCC(=O)N3)cc1. The molecular formula is C19H21N3O4S. The molecule has 0 atom stereocenters. The Labute approximate surface area is 158 Å². The summed E-state index contributed by atoms with van der Waals surface area (Å²) in [5.74, 6) is -0.310. The van der Waals surface area contributed by atoms with Crippen molar-refractivity contribution in [3.05, 3.63) is 53.6 Å². The van der Waals surface area contributed by atoms with Crippen molar-refractivity contribution in [2.45, 2.75) is 24.2 Å². The number of anilines is 2. The lowest BCUT2D eigenvalue weighted by Crippen LogP contribution is -2.22. The molecule has 0 radical (unpaired) electrons. The summed E-state index contributed by atoms with van der Waals surface area (Å²) in [5, 5.41) is 5.60. The maximum absolute atomic E-state index is 12.5. The number of nitrogens with zero attached hydrogens (tertiary/aromatic N) is 1. The Balaban J connectivity index is 1.76. The van der Waals surface area contributed by atoms with Crippen molar-refractivity contribution >= 4 is 33.2 Å². The van der Waals surface area contributed by atoms with Crippen LogP contribution in [0.1, 0.15) is 28.8 Å². The van der Waals surface area contributed by atoms with E-state index in [0.29, 0.717) is 17.7 Å². The lowest BCUT2D eigenvalue weighted by molar-refractivity contribution is -0.116. The smallest absolute Gasteiger partial charge is 0.255 e. The van der Waals surface area contributed by atoms with Gasteiger partial charge in [-0.25, -0.2) is 12.7 Å². The van der Waals surface area contributed by atoms with Gasteiger partial charge in [-0.1, -0.05) is 0 Å². The minimum absolute atomic E-state index is 0.0151. The lowest BCUT2D eigenvalue weighted by atomic mass is 10.0. The molecule has 0 bridgehead atoms. The molecule has 1 heterocycles. The third kappa shape index (κ3) is 4.17. The van der Waals surface area contributed by atoms with E-state index in [1.807, 2.05) is 0 Å². The van der Waals surface area contributed by atoms with Crippen LogP contribution < -0.4 is 10.6 Å². The average molecular weight is 387 g/mol. The number of carbonyl (C=O) groups is 2. The number of fused-ring (bicyclic) bond motifs is 1. The molecule has 7 nitrogen and oxygen atoms in total. The molecule has 142 valence electrons. The van der Waals surface area contributed by atoms with Crippen LogP contribution >= 0.6 is 0 Å². The zero-order valence-corrected chi connectivity index (χ0v) is 16.0. The van der Waals surface area contributed by atoms with Gasteiger partial charge in [-0.2, -0.15) is 0 Å². The quantitative estimate of drug-likeness (QED) is 0.842. The third-order valence-corrected chi connectivity index (χ3v) is 6.21. The maximum atomic E-state index is 12.5. The zero-order valence-electron chi connectivity index (χ0n) is 15.2. The Morgan fingerprint density at radius 1 is 1.07 bits per heavy atom. The number of rotatable bonds is 4. The molecule has 0 spiro atoms. The van der Waals surface area contributed by atoms with Gasteiger partial charge in [0.05, 0.1) is 4.90 Å². The van der Waals surface area contributed by atoms with Crippen molar-refractivity contribution in [1.82, 2.24) is 4.31 Å². The van der Waals surface area contributed by atoms with Gasteiger partial charge in [0.25, 0.3) is 5.91 Å². The van der Waals surface area contributed by atoms with E-state index in [-0.39, 0.29) is 16.7 Å². The highest BCUT2D eigenvalue weighted by atomic mass is 32.2. The molecule has 1 aliphatic rings. The second-order valence-corrected chi connectivity index (χ2v) is 8.69. The number of amides is 2. The molecule has 1 aliphatic heterocycles. The molecule has 0 fully saturated rings.